The molecule has 0 fully saturated rings. The van der Waals surface area contributed by atoms with Crippen molar-refractivity contribution < 1.29 is 9.67 Å². The first-order chi connectivity index (χ1) is 9.24. The molecule has 0 amide bonds. The number of hydrogen-bond donors (Lipinski definition) is 0. The highest BCUT2D eigenvalue weighted by molar-refractivity contribution is 9.10. The Balaban J connectivity index is 2.05. The molecule has 0 atom stereocenters. The minimum absolute atomic E-state index is 0.300. The Bertz CT molecular complexity index is 692. The summed E-state index contributed by atoms with van der Waals surface area (Å²) in [6.07, 6.45) is 1.68. The third kappa shape index (κ3) is 2.37. The molecule has 94 valence electrons. The zero-order chi connectivity index (χ0) is 13.2. The third-order valence-electron chi connectivity index (χ3n) is 2.75. The van der Waals surface area contributed by atoms with Gasteiger partial charge in [0.2, 0.25) is 12.3 Å². The van der Waals surface area contributed by atoms with Gasteiger partial charge in [-0.15, -0.1) is 0 Å². The van der Waals surface area contributed by atoms with E-state index in [1.807, 2.05) is 54.6 Å². The van der Waals surface area contributed by atoms with Crippen LogP contribution in [0.15, 0.2) is 65.4 Å². The van der Waals surface area contributed by atoms with Crippen molar-refractivity contribution in [2.75, 3.05) is 0 Å². The first kappa shape index (κ1) is 11.9. The van der Waals surface area contributed by atoms with Crippen molar-refractivity contribution in [2.45, 2.75) is 0 Å². The van der Waals surface area contributed by atoms with Crippen LogP contribution in [0.5, 0.6) is 6.01 Å². The molecule has 0 radical (unpaired) electrons. The van der Waals surface area contributed by atoms with E-state index in [4.69, 9.17) is 0 Å². The topological polar surface area (TPSA) is 44.8 Å². The number of benzene rings is 2. The van der Waals surface area contributed by atoms with Crippen LogP contribution in [0.25, 0.3) is 11.4 Å². The Labute approximate surface area is 118 Å². The lowest BCUT2D eigenvalue weighted by Crippen LogP contribution is -2.32. The molecule has 0 N–H and O–H groups in total. The monoisotopic (exact) mass is 315 g/mol. The van der Waals surface area contributed by atoms with Gasteiger partial charge in [-0.3, -0.25) is 0 Å². The van der Waals surface area contributed by atoms with E-state index in [9.17, 15) is 5.11 Å². The van der Waals surface area contributed by atoms with E-state index in [0.717, 1.165) is 15.8 Å². The van der Waals surface area contributed by atoms with E-state index in [2.05, 4.69) is 21.0 Å². The lowest BCUT2D eigenvalue weighted by atomic mass is 10.3. The zero-order valence-electron chi connectivity index (χ0n) is 9.90. The Kier molecular flexibility index (Phi) is 3.05. The second-order valence-corrected chi connectivity index (χ2v) is 4.94. The van der Waals surface area contributed by atoms with Crippen molar-refractivity contribution in [2.24, 2.45) is 0 Å². The molecule has 2 aromatic carbocycles. The molecule has 0 bridgehead atoms. The van der Waals surface area contributed by atoms with Crippen LogP contribution in [-0.2, 0) is 0 Å². The van der Waals surface area contributed by atoms with E-state index in [1.165, 1.54) is 4.57 Å². The summed E-state index contributed by atoms with van der Waals surface area (Å²) in [7, 11) is 0. The molecule has 1 heterocycles. The molecular weight excluding hydrogens is 306 g/mol. The zero-order valence-corrected chi connectivity index (χ0v) is 11.5. The molecule has 0 aliphatic rings. The summed E-state index contributed by atoms with van der Waals surface area (Å²) in [5.41, 5.74) is 1.64. The maximum atomic E-state index is 11.9. The summed E-state index contributed by atoms with van der Waals surface area (Å²) in [6.45, 7) is 0. The van der Waals surface area contributed by atoms with Crippen LogP contribution in [0.1, 0.15) is 0 Å². The maximum absolute atomic E-state index is 11.9. The minimum Gasteiger partial charge on any atom is -0.817 e. The molecule has 0 aliphatic heterocycles. The van der Waals surface area contributed by atoms with E-state index in [1.54, 1.807) is 11.0 Å². The van der Waals surface area contributed by atoms with Gasteiger partial charge in [-0.05, 0) is 36.4 Å². The molecule has 0 aliphatic carbocycles. The van der Waals surface area contributed by atoms with Crippen LogP contribution < -0.4 is 9.67 Å². The Morgan fingerprint density at radius 2 is 1.68 bits per heavy atom. The Morgan fingerprint density at radius 1 is 1.00 bits per heavy atom. The van der Waals surface area contributed by atoms with Crippen LogP contribution in [0.2, 0.25) is 0 Å². The van der Waals surface area contributed by atoms with E-state index < -0.39 is 0 Å². The number of rotatable bonds is 2. The summed E-state index contributed by atoms with van der Waals surface area (Å²) in [4.78, 5) is 0. The fourth-order valence-electron chi connectivity index (χ4n) is 1.81. The summed E-state index contributed by atoms with van der Waals surface area (Å²) in [5.74, 6) is 0. The second-order valence-electron chi connectivity index (χ2n) is 4.02. The number of hydrogen-bond acceptors (Lipinski definition) is 2. The van der Waals surface area contributed by atoms with Gasteiger partial charge in [-0.1, -0.05) is 38.8 Å². The fraction of sp³-hybridized carbons (Fsp3) is 0. The molecule has 0 saturated carbocycles. The first-order valence-corrected chi connectivity index (χ1v) is 6.53. The third-order valence-corrected chi connectivity index (χ3v) is 3.28. The lowest BCUT2D eigenvalue weighted by Gasteiger charge is -2.00. The summed E-state index contributed by atoms with van der Waals surface area (Å²) in [5, 5.41) is 15.9. The van der Waals surface area contributed by atoms with Crippen LogP contribution in [0, 0.1) is 0 Å². The van der Waals surface area contributed by atoms with E-state index in [-0.39, 0.29) is 6.01 Å². The SMILES string of the molecule is [O-]c1nn(-c2ccccc2)c[n+]1-c1ccc(Br)cc1. The smallest absolute Gasteiger partial charge is 0.250 e. The molecule has 1 aromatic heterocycles. The quantitative estimate of drug-likeness (QED) is 0.679. The number of aromatic nitrogens is 3. The summed E-state index contributed by atoms with van der Waals surface area (Å²) < 4.78 is 4.06. The fourth-order valence-corrected chi connectivity index (χ4v) is 2.07. The van der Waals surface area contributed by atoms with Crippen molar-refractivity contribution in [3.8, 4) is 17.4 Å². The van der Waals surface area contributed by atoms with Crippen LogP contribution in [0.4, 0.5) is 0 Å². The number of halogens is 1. The number of para-hydroxylation sites is 1. The standard InChI is InChI=1S/C14H10BrN3O/c15-11-6-8-12(9-7-11)17-10-18(16-14(17)19)13-4-2-1-3-5-13/h1-10H. The van der Waals surface area contributed by atoms with Crippen molar-refractivity contribution in [3.05, 3.63) is 65.4 Å². The van der Waals surface area contributed by atoms with Crippen molar-refractivity contribution in [1.82, 2.24) is 9.78 Å². The predicted octanol–water partition coefficient (Wildman–Crippen LogP) is 1.99. The molecule has 3 rings (SSSR count). The predicted molar refractivity (Wildman–Crippen MR) is 72.2 cm³/mol. The van der Waals surface area contributed by atoms with Gasteiger partial charge in [0.25, 0.3) is 0 Å². The molecule has 19 heavy (non-hydrogen) atoms. The van der Waals surface area contributed by atoms with Gasteiger partial charge < -0.3 is 5.11 Å². The second kappa shape index (κ2) is 4.85. The average molecular weight is 316 g/mol. The van der Waals surface area contributed by atoms with E-state index >= 15 is 0 Å². The highest BCUT2D eigenvalue weighted by atomic mass is 79.9. The van der Waals surface area contributed by atoms with Gasteiger partial charge in [0, 0.05) is 9.57 Å². The van der Waals surface area contributed by atoms with Crippen LogP contribution in [0.3, 0.4) is 0 Å². The molecule has 0 unspecified atom stereocenters. The molecule has 5 heteroatoms. The van der Waals surface area contributed by atoms with E-state index in [0.29, 0.717) is 0 Å². The Hall–Kier alpha value is -2.14. The Morgan fingerprint density at radius 3 is 2.37 bits per heavy atom. The average Bonchev–Trinajstić information content (AvgIpc) is 2.83. The molecule has 3 aromatic rings. The van der Waals surface area contributed by atoms with Gasteiger partial charge in [0.05, 0.1) is 0 Å². The first-order valence-electron chi connectivity index (χ1n) is 5.74. The molecule has 0 spiro atoms. The number of nitrogens with zero attached hydrogens (tertiary/aromatic N) is 3. The van der Waals surface area contributed by atoms with Crippen LogP contribution >= 0.6 is 15.9 Å². The normalized spacial score (nSPS) is 10.6. The van der Waals surface area contributed by atoms with Gasteiger partial charge in [-0.25, -0.2) is 4.57 Å². The minimum atomic E-state index is -0.300. The lowest BCUT2D eigenvalue weighted by molar-refractivity contribution is -0.651. The van der Waals surface area contributed by atoms with Crippen LogP contribution in [-0.4, -0.2) is 9.78 Å². The highest BCUT2D eigenvalue weighted by Crippen LogP contribution is 2.12. The summed E-state index contributed by atoms with van der Waals surface area (Å²) >= 11 is 3.37. The van der Waals surface area contributed by atoms with Gasteiger partial charge in [-0.2, -0.15) is 0 Å². The van der Waals surface area contributed by atoms with Crippen molar-refractivity contribution >= 4 is 15.9 Å². The highest BCUT2D eigenvalue weighted by Gasteiger charge is 2.12. The van der Waals surface area contributed by atoms with Gasteiger partial charge >= 0.3 is 0 Å². The van der Waals surface area contributed by atoms with Gasteiger partial charge in [0.15, 0.2) is 0 Å². The molecule has 4 nitrogen and oxygen atoms in total. The van der Waals surface area contributed by atoms with Crippen molar-refractivity contribution in [3.63, 3.8) is 0 Å². The molecular formula is C14H10BrN3O. The van der Waals surface area contributed by atoms with Gasteiger partial charge in [0.1, 0.15) is 11.4 Å². The maximum Gasteiger partial charge on any atom is 0.250 e. The molecule has 0 saturated heterocycles. The largest absolute Gasteiger partial charge is 0.817 e. The van der Waals surface area contributed by atoms with Crippen molar-refractivity contribution in [1.29, 1.82) is 0 Å². The summed E-state index contributed by atoms with van der Waals surface area (Å²) in [6, 6.07) is 16.8.